The molecule has 5 nitrogen and oxygen atoms in total. The van der Waals surface area contributed by atoms with Crippen molar-refractivity contribution in [3.8, 4) is 0 Å². The zero-order valence-electron chi connectivity index (χ0n) is 11.5. The molecule has 3 unspecified atom stereocenters. The lowest BCUT2D eigenvalue weighted by atomic mass is 10.1. The maximum atomic E-state index is 12.3. The number of piperazine rings is 1. The van der Waals surface area contributed by atoms with Crippen LogP contribution in [0.25, 0.3) is 0 Å². The molecule has 3 atom stereocenters. The Morgan fingerprint density at radius 1 is 1.50 bits per heavy atom. The average Bonchev–Trinajstić information content (AvgIpc) is 2.81. The molecule has 0 spiro atoms. The monoisotopic (exact) mass is 255 g/mol. The van der Waals surface area contributed by atoms with Crippen LogP contribution in [0.15, 0.2) is 0 Å². The van der Waals surface area contributed by atoms with Gasteiger partial charge in [0.1, 0.15) is 0 Å². The van der Waals surface area contributed by atoms with E-state index in [-0.39, 0.29) is 11.9 Å². The second-order valence-electron chi connectivity index (χ2n) is 5.52. The van der Waals surface area contributed by atoms with Crippen LogP contribution in [0.4, 0.5) is 0 Å². The molecule has 5 heteroatoms. The molecule has 0 aromatic carbocycles. The minimum absolute atomic E-state index is 0.0890. The Morgan fingerprint density at radius 2 is 2.28 bits per heavy atom. The van der Waals surface area contributed by atoms with E-state index in [0.717, 1.165) is 13.1 Å². The number of nitrogens with zero attached hydrogens (tertiary/aromatic N) is 2. The fourth-order valence-corrected chi connectivity index (χ4v) is 3.08. The van der Waals surface area contributed by atoms with E-state index in [4.69, 9.17) is 10.5 Å². The molecule has 2 aliphatic heterocycles. The molecular weight excluding hydrogens is 230 g/mol. The molecule has 2 saturated heterocycles. The summed E-state index contributed by atoms with van der Waals surface area (Å²) in [5, 5.41) is 0. The SMILES string of the molecule is COCCC(N)C(=O)N1CC2CCCN2CC1C. The van der Waals surface area contributed by atoms with Gasteiger partial charge in [0.05, 0.1) is 6.04 Å². The molecule has 1 amide bonds. The fraction of sp³-hybridized carbons (Fsp3) is 0.923. The molecule has 0 aliphatic carbocycles. The highest BCUT2D eigenvalue weighted by Crippen LogP contribution is 2.24. The Hall–Kier alpha value is -0.650. The summed E-state index contributed by atoms with van der Waals surface area (Å²) in [5.41, 5.74) is 5.95. The lowest BCUT2D eigenvalue weighted by molar-refractivity contribution is -0.138. The first-order chi connectivity index (χ1) is 8.63. The molecule has 2 aliphatic rings. The van der Waals surface area contributed by atoms with Gasteiger partial charge in [-0.2, -0.15) is 0 Å². The summed E-state index contributed by atoms with van der Waals surface area (Å²) in [7, 11) is 1.64. The van der Waals surface area contributed by atoms with E-state index in [2.05, 4.69) is 11.8 Å². The molecule has 2 fully saturated rings. The minimum atomic E-state index is -0.416. The van der Waals surface area contributed by atoms with Gasteiger partial charge >= 0.3 is 0 Å². The zero-order chi connectivity index (χ0) is 13.1. The van der Waals surface area contributed by atoms with Crippen LogP contribution < -0.4 is 5.73 Å². The van der Waals surface area contributed by atoms with Crippen LogP contribution in [-0.4, -0.2) is 67.2 Å². The molecule has 2 N–H and O–H groups in total. The molecule has 0 saturated carbocycles. The van der Waals surface area contributed by atoms with E-state index < -0.39 is 6.04 Å². The Kier molecular flexibility index (Phi) is 4.59. The second kappa shape index (κ2) is 5.99. The first-order valence-electron chi connectivity index (χ1n) is 6.92. The highest BCUT2D eigenvalue weighted by Gasteiger charge is 2.37. The van der Waals surface area contributed by atoms with E-state index in [0.29, 0.717) is 19.1 Å². The van der Waals surface area contributed by atoms with Gasteiger partial charge in [-0.25, -0.2) is 0 Å². The van der Waals surface area contributed by atoms with Crippen molar-refractivity contribution >= 4 is 5.91 Å². The fourth-order valence-electron chi connectivity index (χ4n) is 3.08. The molecule has 104 valence electrons. The first-order valence-corrected chi connectivity index (χ1v) is 6.92. The number of nitrogens with two attached hydrogens (primary N) is 1. The number of ether oxygens (including phenoxy) is 1. The van der Waals surface area contributed by atoms with Crippen molar-refractivity contribution in [2.45, 2.75) is 44.3 Å². The van der Waals surface area contributed by atoms with E-state index in [9.17, 15) is 4.79 Å². The van der Waals surface area contributed by atoms with Crippen molar-refractivity contribution < 1.29 is 9.53 Å². The van der Waals surface area contributed by atoms with Gasteiger partial charge in [0.15, 0.2) is 0 Å². The number of carbonyl (C=O) groups is 1. The number of methoxy groups -OCH3 is 1. The third-order valence-corrected chi connectivity index (χ3v) is 4.17. The zero-order valence-corrected chi connectivity index (χ0v) is 11.5. The van der Waals surface area contributed by atoms with Gasteiger partial charge in [0.25, 0.3) is 0 Å². The predicted octanol–water partition coefficient (Wildman–Crippen LogP) is 0.0453. The van der Waals surface area contributed by atoms with Crippen molar-refractivity contribution in [1.29, 1.82) is 0 Å². The van der Waals surface area contributed by atoms with Crippen molar-refractivity contribution in [2.24, 2.45) is 5.73 Å². The third-order valence-electron chi connectivity index (χ3n) is 4.17. The number of rotatable bonds is 4. The average molecular weight is 255 g/mol. The number of hydrogen-bond acceptors (Lipinski definition) is 4. The quantitative estimate of drug-likeness (QED) is 0.771. The molecule has 0 radical (unpaired) electrons. The molecule has 0 aromatic heterocycles. The standard InChI is InChI=1S/C13H25N3O2/c1-10-8-15-6-3-4-11(15)9-16(10)13(17)12(14)5-7-18-2/h10-12H,3-9,14H2,1-2H3. The Morgan fingerprint density at radius 3 is 3.00 bits per heavy atom. The molecule has 0 aromatic rings. The highest BCUT2D eigenvalue weighted by molar-refractivity contribution is 5.82. The van der Waals surface area contributed by atoms with Crippen molar-refractivity contribution in [1.82, 2.24) is 9.80 Å². The largest absolute Gasteiger partial charge is 0.385 e. The van der Waals surface area contributed by atoms with Gasteiger partial charge in [-0.3, -0.25) is 9.69 Å². The second-order valence-corrected chi connectivity index (χ2v) is 5.52. The van der Waals surface area contributed by atoms with Gasteiger partial charge in [0.2, 0.25) is 5.91 Å². The topological polar surface area (TPSA) is 58.8 Å². The van der Waals surface area contributed by atoms with Gasteiger partial charge in [-0.05, 0) is 32.7 Å². The first kappa shape index (κ1) is 13.8. The number of fused-ring (bicyclic) bond motifs is 1. The molecule has 2 rings (SSSR count). The van der Waals surface area contributed by atoms with Gasteiger partial charge in [0, 0.05) is 38.9 Å². The third kappa shape index (κ3) is 2.84. The van der Waals surface area contributed by atoms with Gasteiger partial charge < -0.3 is 15.4 Å². The summed E-state index contributed by atoms with van der Waals surface area (Å²) in [6.07, 6.45) is 3.08. The predicted molar refractivity (Wildman–Crippen MR) is 70.2 cm³/mol. The van der Waals surface area contributed by atoms with Crippen molar-refractivity contribution in [2.75, 3.05) is 33.4 Å². The minimum Gasteiger partial charge on any atom is -0.385 e. The smallest absolute Gasteiger partial charge is 0.239 e. The van der Waals surface area contributed by atoms with Crippen molar-refractivity contribution in [3.63, 3.8) is 0 Å². The van der Waals surface area contributed by atoms with Crippen LogP contribution >= 0.6 is 0 Å². The summed E-state index contributed by atoms with van der Waals surface area (Å²) in [5.74, 6) is 0.0890. The lowest BCUT2D eigenvalue weighted by Crippen LogP contribution is -2.59. The Labute approximate surface area is 109 Å². The van der Waals surface area contributed by atoms with E-state index in [1.54, 1.807) is 7.11 Å². The summed E-state index contributed by atoms with van der Waals surface area (Å²) in [6, 6.07) is 0.417. The van der Waals surface area contributed by atoms with Crippen LogP contribution in [0, 0.1) is 0 Å². The summed E-state index contributed by atoms with van der Waals surface area (Å²) >= 11 is 0. The maximum Gasteiger partial charge on any atom is 0.239 e. The lowest BCUT2D eigenvalue weighted by Gasteiger charge is -2.43. The molecule has 0 bridgehead atoms. The van der Waals surface area contributed by atoms with Crippen LogP contribution in [0.1, 0.15) is 26.2 Å². The summed E-state index contributed by atoms with van der Waals surface area (Å²) < 4.78 is 4.99. The Bertz CT molecular complexity index is 298. The normalized spacial score (nSPS) is 30.3. The van der Waals surface area contributed by atoms with E-state index in [1.807, 2.05) is 4.90 Å². The van der Waals surface area contributed by atoms with E-state index in [1.165, 1.54) is 19.4 Å². The molecular formula is C13H25N3O2. The van der Waals surface area contributed by atoms with Crippen LogP contribution in [0.2, 0.25) is 0 Å². The van der Waals surface area contributed by atoms with Gasteiger partial charge in [-0.15, -0.1) is 0 Å². The van der Waals surface area contributed by atoms with Crippen LogP contribution in [0.5, 0.6) is 0 Å². The Balaban J connectivity index is 1.92. The maximum absolute atomic E-state index is 12.3. The van der Waals surface area contributed by atoms with Crippen LogP contribution in [-0.2, 0) is 9.53 Å². The molecule has 2 heterocycles. The number of amides is 1. The number of carbonyl (C=O) groups excluding carboxylic acids is 1. The summed E-state index contributed by atoms with van der Waals surface area (Å²) in [4.78, 5) is 16.8. The number of hydrogen-bond donors (Lipinski definition) is 1. The van der Waals surface area contributed by atoms with Crippen LogP contribution in [0.3, 0.4) is 0 Å². The van der Waals surface area contributed by atoms with Crippen molar-refractivity contribution in [3.05, 3.63) is 0 Å². The molecule has 18 heavy (non-hydrogen) atoms. The van der Waals surface area contributed by atoms with Gasteiger partial charge in [-0.1, -0.05) is 0 Å². The summed E-state index contributed by atoms with van der Waals surface area (Å²) in [6.45, 7) is 5.70. The van der Waals surface area contributed by atoms with E-state index >= 15 is 0 Å². The highest BCUT2D eigenvalue weighted by atomic mass is 16.5.